The molecule has 0 saturated heterocycles. The van der Waals surface area contributed by atoms with Crippen molar-refractivity contribution in [2.24, 2.45) is 0 Å². The Kier molecular flexibility index (Phi) is 13.8. The summed E-state index contributed by atoms with van der Waals surface area (Å²) in [5.74, 6) is 1.43. The Morgan fingerprint density at radius 1 is 0.246 bits per heavy atom. The van der Waals surface area contributed by atoms with Crippen LogP contribution in [0.5, 0.6) is 0 Å². The molecule has 1 heteroatoms. The molecule has 0 heterocycles. The van der Waals surface area contributed by atoms with Gasteiger partial charge in [-0.1, -0.05) is 0 Å². The van der Waals surface area contributed by atoms with Gasteiger partial charge in [0.05, 0.1) is 0 Å². The van der Waals surface area contributed by atoms with Crippen molar-refractivity contribution < 1.29 is 0 Å². The van der Waals surface area contributed by atoms with Gasteiger partial charge in [0, 0.05) is 0 Å². The van der Waals surface area contributed by atoms with Crippen molar-refractivity contribution >= 4 is 28.3 Å². The molecule has 2 radical (unpaired) electrons. The van der Waals surface area contributed by atoms with Crippen LogP contribution >= 0.6 is 0 Å². The van der Waals surface area contributed by atoms with Crippen molar-refractivity contribution in [3.05, 3.63) is 150 Å². The molecule has 6 aromatic rings. The predicted molar refractivity (Wildman–Crippen MR) is 273 cm³/mol. The Morgan fingerprint density at radius 2 is 0.410 bits per heavy atom. The Hall–Kier alpha value is -3.88. The molecule has 0 nitrogen and oxygen atoms in total. The van der Waals surface area contributed by atoms with Crippen LogP contribution < -0.4 is 7.16 Å². The summed E-state index contributed by atoms with van der Waals surface area (Å²) in [7, 11) is 0. The van der Waals surface area contributed by atoms with E-state index < -0.39 is 21.1 Å². The Morgan fingerprint density at radius 3 is 0.557 bits per heavy atom. The predicted octanol–water partition coefficient (Wildman–Crippen LogP) is 16.2. The van der Waals surface area contributed by atoms with Gasteiger partial charge in [0.25, 0.3) is 0 Å². The molecule has 0 saturated carbocycles. The van der Waals surface area contributed by atoms with Crippen molar-refractivity contribution in [3.63, 3.8) is 0 Å². The summed E-state index contributed by atoms with van der Waals surface area (Å²) < 4.78 is 3.29. The monoisotopic (exact) mass is 914 g/mol. The van der Waals surface area contributed by atoms with Crippen LogP contribution in [0, 0.1) is 83.1 Å². The van der Waals surface area contributed by atoms with Gasteiger partial charge in [0.1, 0.15) is 0 Å². The van der Waals surface area contributed by atoms with E-state index in [0.29, 0.717) is 23.7 Å². The first-order valence-electron chi connectivity index (χ1n) is 23.0. The number of benzene rings is 6. The topological polar surface area (TPSA) is 0 Å². The number of hydrogen-bond donors (Lipinski definition) is 0. The van der Waals surface area contributed by atoms with Crippen LogP contribution in [0.4, 0.5) is 0 Å². The van der Waals surface area contributed by atoms with Gasteiger partial charge in [0.15, 0.2) is 0 Å². The molecule has 0 spiro atoms. The maximum atomic E-state index is 2.65. The fraction of sp³-hybridized carbons (Fsp3) is 0.400. The van der Waals surface area contributed by atoms with E-state index in [1.165, 1.54) is 134 Å². The van der Waals surface area contributed by atoms with Crippen LogP contribution in [0.3, 0.4) is 0 Å². The molecule has 318 valence electrons. The van der Waals surface area contributed by atoms with Crippen molar-refractivity contribution in [3.8, 4) is 44.5 Å². The molecule has 0 N–H and O–H groups in total. The second-order valence-corrected chi connectivity index (χ2v) is 23.8. The van der Waals surface area contributed by atoms with Gasteiger partial charge < -0.3 is 0 Å². The van der Waals surface area contributed by atoms with Crippen molar-refractivity contribution in [1.29, 1.82) is 0 Å². The third kappa shape index (κ3) is 8.87. The summed E-state index contributed by atoms with van der Waals surface area (Å²) in [6.07, 6.45) is 0. The first-order valence-corrected chi connectivity index (χ1v) is 25.9. The van der Waals surface area contributed by atoms with Crippen LogP contribution in [-0.2, 0) is 0 Å². The molecular formula is C60H74Sn. The first-order chi connectivity index (χ1) is 28.5. The molecule has 0 aliphatic rings. The molecule has 6 aromatic carbocycles. The van der Waals surface area contributed by atoms with Gasteiger partial charge in [-0.3, -0.25) is 0 Å². The zero-order chi connectivity index (χ0) is 45.1. The molecule has 6 rings (SSSR count). The third-order valence-corrected chi connectivity index (χ3v) is 17.5. The normalized spacial score (nSPS) is 11.9. The third-order valence-electron chi connectivity index (χ3n) is 13.2. The fourth-order valence-electron chi connectivity index (χ4n) is 11.0. The van der Waals surface area contributed by atoms with E-state index in [4.69, 9.17) is 0 Å². The van der Waals surface area contributed by atoms with Crippen molar-refractivity contribution in [2.45, 2.75) is 162 Å². The first kappa shape index (κ1) is 46.6. The summed E-state index contributed by atoms with van der Waals surface area (Å²) in [6.45, 7) is 47.5. The van der Waals surface area contributed by atoms with E-state index in [1.54, 1.807) is 7.16 Å². The maximum absolute atomic E-state index is 2.65. The summed E-state index contributed by atoms with van der Waals surface area (Å²) >= 11 is -1.78. The molecule has 0 aliphatic carbocycles. The van der Waals surface area contributed by atoms with Crippen LogP contribution in [0.2, 0.25) is 0 Å². The average Bonchev–Trinajstić information content (AvgIpc) is 3.11. The fourth-order valence-corrected chi connectivity index (χ4v) is 16.2. The van der Waals surface area contributed by atoms with E-state index in [2.05, 4.69) is 199 Å². The second kappa shape index (κ2) is 18.1. The second-order valence-electron chi connectivity index (χ2n) is 20.2. The van der Waals surface area contributed by atoms with Crippen LogP contribution in [0.25, 0.3) is 44.5 Å². The minimum atomic E-state index is -1.78. The van der Waals surface area contributed by atoms with Crippen molar-refractivity contribution in [1.82, 2.24) is 0 Å². The van der Waals surface area contributed by atoms with Gasteiger partial charge in [-0.15, -0.1) is 0 Å². The number of hydrogen-bond acceptors (Lipinski definition) is 0. The van der Waals surface area contributed by atoms with E-state index in [-0.39, 0.29) is 0 Å². The van der Waals surface area contributed by atoms with E-state index in [9.17, 15) is 0 Å². The Bertz CT molecular complexity index is 2220. The summed E-state index contributed by atoms with van der Waals surface area (Å²) in [5.41, 5.74) is 34.3. The molecule has 0 fully saturated rings. The molecule has 61 heavy (non-hydrogen) atoms. The Balaban J connectivity index is 2.02. The molecule has 0 amide bonds. The SMILES string of the molecule is Cc1cc(C)c(-c2c(C(C)C)cc(C(C)C)c(-c3c(C)cc(C)cc3C)[c]2[Sn][c]2c(-c3c(C)cc(C)cc3C)c(C(C)C)cc(C(C)C)c2-c2c(C)cc(C)cc2C)c(C)c1. The van der Waals surface area contributed by atoms with Gasteiger partial charge in [-0.2, -0.15) is 0 Å². The summed E-state index contributed by atoms with van der Waals surface area (Å²) in [5, 5.41) is 0. The van der Waals surface area contributed by atoms with Crippen LogP contribution in [0.15, 0.2) is 60.7 Å². The average molecular weight is 914 g/mol. The zero-order valence-corrected chi connectivity index (χ0v) is 44.4. The van der Waals surface area contributed by atoms with Gasteiger partial charge in [-0.25, -0.2) is 0 Å². The van der Waals surface area contributed by atoms with Gasteiger partial charge in [0.2, 0.25) is 0 Å². The summed E-state index contributed by atoms with van der Waals surface area (Å²) in [4.78, 5) is 0. The standard InChI is InChI=1S/2C30H37.Sn/c2*1-17(2)25-15-26(18(3)4)28(30-23(9)13-20(6)14-24(30)10)16-27(25)29-21(7)11-19(5)12-22(29)8;/h2*11-15,17-18H,1-10H3;. The van der Waals surface area contributed by atoms with E-state index >= 15 is 0 Å². The quantitative estimate of drug-likeness (QED) is 0.120. The van der Waals surface area contributed by atoms with Crippen molar-refractivity contribution in [2.75, 3.05) is 0 Å². The zero-order valence-electron chi connectivity index (χ0n) is 41.6. The Labute approximate surface area is 382 Å². The molecule has 0 aromatic heterocycles. The van der Waals surface area contributed by atoms with E-state index in [1.807, 2.05) is 0 Å². The molecule has 0 bridgehead atoms. The number of rotatable bonds is 10. The number of aryl methyl sites for hydroxylation is 12. The molecule has 0 unspecified atom stereocenters. The van der Waals surface area contributed by atoms with E-state index in [0.717, 1.165) is 0 Å². The molecular weight excluding hydrogens is 839 g/mol. The van der Waals surface area contributed by atoms with Gasteiger partial charge in [-0.05, 0) is 0 Å². The minimum absolute atomic E-state index is 0.357. The molecule has 0 aliphatic heterocycles. The van der Waals surface area contributed by atoms with Crippen LogP contribution in [0.1, 0.15) is 168 Å². The molecule has 0 atom stereocenters. The van der Waals surface area contributed by atoms with Gasteiger partial charge >= 0.3 is 385 Å². The van der Waals surface area contributed by atoms with Crippen LogP contribution in [-0.4, -0.2) is 21.1 Å². The summed E-state index contributed by atoms with van der Waals surface area (Å²) in [6, 6.07) is 24.8.